The van der Waals surface area contributed by atoms with Crippen LogP contribution in [0, 0.1) is 0 Å². The van der Waals surface area contributed by atoms with Gasteiger partial charge in [-0.05, 0) is 30.0 Å². The van der Waals surface area contributed by atoms with Crippen molar-refractivity contribution >= 4 is 39.1 Å². The van der Waals surface area contributed by atoms with Gasteiger partial charge in [0.15, 0.2) is 0 Å². The number of fused-ring (bicyclic) bond motifs is 3. The first-order chi connectivity index (χ1) is 11.6. The second-order valence-corrected chi connectivity index (χ2v) is 7.31. The molecule has 0 radical (unpaired) electrons. The van der Waals surface area contributed by atoms with Gasteiger partial charge in [0.2, 0.25) is 0 Å². The van der Waals surface area contributed by atoms with Gasteiger partial charge in [0.05, 0.1) is 24.2 Å². The number of halogens is 1. The third kappa shape index (κ3) is 2.34. The molecule has 1 aliphatic rings. The van der Waals surface area contributed by atoms with Crippen LogP contribution < -0.4 is 5.56 Å². The van der Waals surface area contributed by atoms with E-state index in [9.17, 15) is 14.7 Å². The van der Waals surface area contributed by atoms with Crippen molar-refractivity contribution < 1.29 is 9.90 Å². The molecule has 1 aromatic carbocycles. The molecule has 1 N–H and O–H groups in total. The van der Waals surface area contributed by atoms with Crippen LogP contribution in [0.2, 0.25) is 5.02 Å². The van der Waals surface area contributed by atoms with E-state index in [1.807, 2.05) is 18.2 Å². The van der Waals surface area contributed by atoms with Crippen molar-refractivity contribution in [3.63, 3.8) is 0 Å². The number of aromatic nitrogens is 2. The van der Waals surface area contributed by atoms with Gasteiger partial charge in [0.25, 0.3) is 5.56 Å². The summed E-state index contributed by atoms with van der Waals surface area (Å²) in [5.41, 5.74) is 1.28. The van der Waals surface area contributed by atoms with E-state index in [0.29, 0.717) is 40.2 Å². The number of thiophene rings is 1. The minimum atomic E-state index is -0.880. The molecule has 0 fully saturated rings. The summed E-state index contributed by atoms with van der Waals surface area (Å²) in [6.07, 6.45) is 2.75. The molecule has 1 atom stereocenters. The van der Waals surface area contributed by atoms with Crippen LogP contribution in [0.3, 0.4) is 0 Å². The molecule has 7 heteroatoms. The van der Waals surface area contributed by atoms with E-state index >= 15 is 0 Å². The molecule has 1 unspecified atom stereocenters. The number of rotatable bonds is 3. The van der Waals surface area contributed by atoms with Crippen LogP contribution in [-0.4, -0.2) is 20.6 Å². The summed E-state index contributed by atoms with van der Waals surface area (Å²) in [5, 5.41) is 10.5. The van der Waals surface area contributed by atoms with Crippen molar-refractivity contribution in [2.45, 2.75) is 25.3 Å². The third-order valence-electron chi connectivity index (χ3n) is 4.40. The maximum absolute atomic E-state index is 12.9. The highest BCUT2D eigenvalue weighted by Crippen LogP contribution is 2.42. The molecule has 0 spiro atoms. The van der Waals surface area contributed by atoms with Crippen LogP contribution >= 0.6 is 22.9 Å². The van der Waals surface area contributed by atoms with Gasteiger partial charge in [0.1, 0.15) is 4.83 Å². The number of carbonyl (C=O) groups is 1. The molecule has 2 aromatic heterocycles. The molecule has 2 heterocycles. The van der Waals surface area contributed by atoms with Crippen LogP contribution in [0.5, 0.6) is 0 Å². The zero-order chi connectivity index (χ0) is 16.8. The van der Waals surface area contributed by atoms with E-state index < -0.39 is 11.9 Å². The van der Waals surface area contributed by atoms with Crippen LogP contribution in [0.4, 0.5) is 0 Å². The largest absolute Gasteiger partial charge is 0.481 e. The lowest BCUT2D eigenvalue weighted by molar-refractivity contribution is -0.138. The Hall–Kier alpha value is -2.18. The van der Waals surface area contributed by atoms with E-state index in [4.69, 9.17) is 11.6 Å². The molecule has 5 nitrogen and oxygen atoms in total. The van der Waals surface area contributed by atoms with Gasteiger partial charge in [-0.15, -0.1) is 11.3 Å². The average molecular weight is 361 g/mol. The molecule has 0 bridgehead atoms. The molecule has 0 amide bonds. The molecular weight excluding hydrogens is 348 g/mol. The summed E-state index contributed by atoms with van der Waals surface area (Å²) < 4.78 is 1.49. The molecule has 1 aliphatic carbocycles. The number of aliphatic carboxylic acids is 1. The number of aryl methyl sites for hydroxylation is 1. The molecule has 24 heavy (non-hydrogen) atoms. The highest BCUT2D eigenvalue weighted by Gasteiger charge is 2.34. The molecule has 122 valence electrons. The number of benzene rings is 1. The standard InChI is InChI=1S/C17H13ClN2O3S/c18-11-4-2-1-3-9(11)7-20-8-19-15-14(16(20)21)13-10(17(22)23)5-6-12(13)24-15/h1-4,8,10H,5-7H2,(H,22,23). The number of nitrogens with zero attached hydrogens (tertiary/aromatic N) is 2. The second-order valence-electron chi connectivity index (χ2n) is 5.82. The van der Waals surface area contributed by atoms with Crippen molar-refractivity contribution in [2.75, 3.05) is 0 Å². The minimum absolute atomic E-state index is 0.203. The summed E-state index contributed by atoms with van der Waals surface area (Å²) in [6, 6.07) is 7.33. The van der Waals surface area contributed by atoms with E-state index in [0.717, 1.165) is 10.4 Å². The van der Waals surface area contributed by atoms with Gasteiger partial charge in [-0.3, -0.25) is 14.2 Å². The lowest BCUT2D eigenvalue weighted by Crippen LogP contribution is -2.22. The predicted molar refractivity (Wildman–Crippen MR) is 93.1 cm³/mol. The van der Waals surface area contributed by atoms with Gasteiger partial charge >= 0.3 is 5.97 Å². The summed E-state index contributed by atoms with van der Waals surface area (Å²) in [7, 11) is 0. The molecule has 4 rings (SSSR count). The monoisotopic (exact) mass is 360 g/mol. The second kappa shape index (κ2) is 5.72. The Morgan fingerprint density at radius 3 is 2.96 bits per heavy atom. The third-order valence-corrected chi connectivity index (χ3v) is 5.94. The number of carboxylic acid groups (broad SMARTS) is 1. The molecule has 0 saturated heterocycles. The number of carboxylic acids is 1. The molecular formula is C17H13ClN2O3S. The van der Waals surface area contributed by atoms with Gasteiger partial charge in [0, 0.05) is 9.90 Å². The fourth-order valence-corrected chi connectivity index (χ4v) is 4.64. The highest BCUT2D eigenvalue weighted by atomic mass is 35.5. The first kappa shape index (κ1) is 15.4. The molecule has 0 aliphatic heterocycles. The van der Waals surface area contributed by atoms with E-state index in [2.05, 4.69) is 4.98 Å². The Labute approximate surface area is 146 Å². The smallest absolute Gasteiger partial charge is 0.311 e. The van der Waals surface area contributed by atoms with Gasteiger partial charge in [-0.2, -0.15) is 0 Å². The van der Waals surface area contributed by atoms with Crippen molar-refractivity contribution in [1.29, 1.82) is 0 Å². The van der Waals surface area contributed by atoms with E-state index in [1.165, 1.54) is 22.2 Å². The molecule has 0 saturated carbocycles. The van der Waals surface area contributed by atoms with Gasteiger partial charge < -0.3 is 5.11 Å². The summed E-state index contributed by atoms with van der Waals surface area (Å²) in [4.78, 5) is 30.4. The normalized spacial score (nSPS) is 16.5. The fraction of sp³-hybridized carbons (Fsp3) is 0.235. The van der Waals surface area contributed by atoms with Gasteiger partial charge in [-0.1, -0.05) is 29.8 Å². The van der Waals surface area contributed by atoms with Crippen LogP contribution in [0.15, 0.2) is 35.4 Å². The SMILES string of the molecule is O=C(O)C1CCc2sc3ncn(Cc4ccccc4Cl)c(=O)c3c21. The highest BCUT2D eigenvalue weighted by molar-refractivity contribution is 7.18. The van der Waals surface area contributed by atoms with Crippen molar-refractivity contribution in [2.24, 2.45) is 0 Å². The lowest BCUT2D eigenvalue weighted by Gasteiger charge is -2.09. The lowest BCUT2D eigenvalue weighted by atomic mass is 10.0. The predicted octanol–water partition coefficient (Wildman–Crippen LogP) is 3.27. The maximum atomic E-state index is 12.9. The fourth-order valence-electron chi connectivity index (χ4n) is 3.24. The Bertz CT molecular complexity index is 1020. The van der Waals surface area contributed by atoms with Crippen molar-refractivity contribution in [1.82, 2.24) is 9.55 Å². The summed E-state index contributed by atoms with van der Waals surface area (Å²) in [5.74, 6) is -1.49. The van der Waals surface area contributed by atoms with Crippen LogP contribution in [0.1, 0.15) is 28.3 Å². The van der Waals surface area contributed by atoms with Gasteiger partial charge in [-0.25, -0.2) is 4.98 Å². The van der Waals surface area contributed by atoms with Crippen LogP contribution in [-0.2, 0) is 17.8 Å². The van der Waals surface area contributed by atoms with Crippen molar-refractivity contribution in [3.05, 3.63) is 62.0 Å². The Morgan fingerprint density at radius 2 is 2.21 bits per heavy atom. The average Bonchev–Trinajstić information content (AvgIpc) is 3.10. The number of hydrogen-bond acceptors (Lipinski definition) is 4. The van der Waals surface area contributed by atoms with E-state index in [-0.39, 0.29) is 5.56 Å². The minimum Gasteiger partial charge on any atom is -0.481 e. The molecule has 3 aromatic rings. The van der Waals surface area contributed by atoms with Crippen molar-refractivity contribution in [3.8, 4) is 0 Å². The topological polar surface area (TPSA) is 72.2 Å². The summed E-state index contributed by atoms with van der Waals surface area (Å²) >= 11 is 7.60. The Kier molecular flexibility index (Phi) is 3.66. The first-order valence-corrected chi connectivity index (χ1v) is 8.72. The van der Waals surface area contributed by atoms with Crippen LogP contribution in [0.25, 0.3) is 10.2 Å². The zero-order valence-electron chi connectivity index (χ0n) is 12.5. The number of hydrogen-bond donors (Lipinski definition) is 1. The van der Waals surface area contributed by atoms with E-state index in [1.54, 1.807) is 6.07 Å². The summed E-state index contributed by atoms with van der Waals surface area (Å²) in [6.45, 7) is 0.309. The zero-order valence-corrected chi connectivity index (χ0v) is 14.1. The first-order valence-electron chi connectivity index (χ1n) is 7.53. The quantitative estimate of drug-likeness (QED) is 0.778. The Balaban J connectivity index is 1.87. The maximum Gasteiger partial charge on any atom is 0.311 e. The Morgan fingerprint density at radius 1 is 1.42 bits per heavy atom.